The summed E-state index contributed by atoms with van der Waals surface area (Å²) in [6.07, 6.45) is 1.88. The zero-order chi connectivity index (χ0) is 14.8. The largest absolute Gasteiger partial charge is 0.491 e. The first-order valence-electron chi connectivity index (χ1n) is 7.25. The molecule has 0 saturated heterocycles. The van der Waals surface area contributed by atoms with Gasteiger partial charge in [0.1, 0.15) is 12.4 Å². The summed E-state index contributed by atoms with van der Waals surface area (Å²) in [4.78, 5) is 4.40. The van der Waals surface area contributed by atoms with E-state index in [0.717, 1.165) is 23.3 Å². The van der Waals surface area contributed by atoms with Gasteiger partial charge in [-0.3, -0.25) is 0 Å². The maximum absolute atomic E-state index is 6.00. The molecule has 0 aliphatic carbocycles. The highest BCUT2D eigenvalue weighted by molar-refractivity contribution is 5.74. The quantitative estimate of drug-likeness (QED) is 0.721. The molecule has 0 atom stereocenters. The zero-order valence-electron chi connectivity index (χ0n) is 12.8. The molecule has 0 spiro atoms. The van der Waals surface area contributed by atoms with Gasteiger partial charge in [0.2, 0.25) is 0 Å². The molecule has 1 heterocycles. The molecule has 0 aliphatic heterocycles. The van der Waals surface area contributed by atoms with E-state index in [-0.39, 0.29) is 0 Å². The number of aromatic nitrogens is 2. The van der Waals surface area contributed by atoms with Gasteiger partial charge in [-0.2, -0.15) is 0 Å². The molecule has 1 aromatic heterocycles. The predicted molar refractivity (Wildman–Crippen MR) is 85.9 cm³/mol. The van der Waals surface area contributed by atoms with E-state index in [1.54, 1.807) is 0 Å². The van der Waals surface area contributed by atoms with Crippen LogP contribution in [-0.2, 0) is 6.54 Å². The molecule has 3 nitrogen and oxygen atoms in total. The third-order valence-electron chi connectivity index (χ3n) is 3.71. The standard InChI is InChI=1S/C18H20N2O/c1-13-10-14(2)18(15(3)11-13)21-9-8-20-12-19-16-6-4-5-7-17(16)20/h4-7,10-12H,8-9H2,1-3H3. The summed E-state index contributed by atoms with van der Waals surface area (Å²) in [5.41, 5.74) is 5.85. The highest BCUT2D eigenvalue weighted by Crippen LogP contribution is 2.24. The monoisotopic (exact) mass is 280 g/mol. The number of benzene rings is 2. The molecule has 3 rings (SSSR count). The van der Waals surface area contributed by atoms with E-state index in [1.165, 1.54) is 16.7 Å². The van der Waals surface area contributed by atoms with Crippen LogP contribution in [0, 0.1) is 20.8 Å². The van der Waals surface area contributed by atoms with Gasteiger partial charge >= 0.3 is 0 Å². The highest BCUT2D eigenvalue weighted by Gasteiger charge is 2.06. The van der Waals surface area contributed by atoms with Crippen molar-refractivity contribution in [2.45, 2.75) is 27.3 Å². The maximum atomic E-state index is 6.00. The minimum Gasteiger partial charge on any atom is -0.491 e. The van der Waals surface area contributed by atoms with Gasteiger partial charge in [0.05, 0.1) is 23.9 Å². The summed E-state index contributed by atoms with van der Waals surface area (Å²) in [5.74, 6) is 1.00. The van der Waals surface area contributed by atoms with Crippen molar-refractivity contribution >= 4 is 11.0 Å². The fourth-order valence-electron chi connectivity index (χ4n) is 2.83. The first-order valence-corrected chi connectivity index (χ1v) is 7.25. The van der Waals surface area contributed by atoms with E-state index >= 15 is 0 Å². The van der Waals surface area contributed by atoms with Gasteiger partial charge in [-0.25, -0.2) is 4.98 Å². The molecule has 0 aliphatic rings. The Morgan fingerprint density at radius 1 is 1.05 bits per heavy atom. The van der Waals surface area contributed by atoms with Gasteiger partial charge in [-0.05, 0) is 44.0 Å². The van der Waals surface area contributed by atoms with Crippen LogP contribution in [0.5, 0.6) is 5.75 Å². The van der Waals surface area contributed by atoms with Crippen molar-refractivity contribution in [1.29, 1.82) is 0 Å². The summed E-state index contributed by atoms with van der Waals surface area (Å²) >= 11 is 0. The number of rotatable bonds is 4. The summed E-state index contributed by atoms with van der Waals surface area (Å²) in [6.45, 7) is 7.75. The summed E-state index contributed by atoms with van der Waals surface area (Å²) < 4.78 is 8.13. The van der Waals surface area contributed by atoms with Crippen molar-refractivity contribution in [1.82, 2.24) is 9.55 Å². The Bertz CT molecular complexity index is 751. The second-order valence-electron chi connectivity index (χ2n) is 5.50. The lowest BCUT2D eigenvalue weighted by atomic mass is 10.1. The van der Waals surface area contributed by atoms with E-state index in [2.05, 4.69) is 48.5 Å². The number of fused-ring (bicyclic) bond motifs is 1. The molecule has 21 heavy (non-hydrogen) atoms. The van der Waals surface area contributed by atoms with Crippen molar-refractivity contribution in [3.63, 3.8) is 0 Å². The second kappa shape index (κ2) is 5.60. The Kier molecular flexibility index (Phi) is 3.65. The topological polar surface area (TPSA) is 27.1 Å². The third kappa shape index (κ3) is 2.77. The van der Waals surface area contributed by atoms with Crippen LogP contribution in [0.15, 0.2) is 42.7 Å². The van der Waals surface area contributed by atoms with E-state index < -0.39 is 0 Å². The van der Waals surface area contributed by atoms with Crippen LogP contribution in [0.4, 0.5) is 0 Å². The van der Waals surface area contributed by atoms with Gasteiger partial charge in [0, 0.05) is 0 Å². The Morgan fingerprint density at radius 3 is 2.52 bits per heavy atom. The number of hydrogen-bond acceptors (Lipinski definition) is 2. The lowest BCUT2D eigenvalue weighted by molar-refractivity contribution is 0.296. The maximum Gasteiger partial charge on any atom is 0.125 e. The SMILES string of the molecule is Cc1cc(C)c(OCCn2cnc3ccccc32)c(C)c1. The van der Waals surface area contributed by atoms with Crippen LogP contribution in [0.25, 0.3) is 11.0 Å². The Balaban J connectivity index is 1.72. The molecule has 108 valence electrons. The van der Waals surface area contributed by atoms with Crippen molar-refractivity contribution in [3.8, 4) is 5.75 Å². The molecule has 0 saturated carbocycles. The van der Waals surface area contributed by atoms with Gasteiger partial charge in [-0.15, -0.1) is 0 Å². The normalized spacial score (nSPS) is 11.0. The van der Waals surface area contributed by atoms with Crippen LogP contribution >= 0.6 is 0 Å². The number of para-hydroxylation sites is 2. The molecule has 2 aromatic carbocycles. The fraction of sp³-hybridized carbons (Fsp3) is 0.278. The molecule has 0 bridgehead atoms. The summed E-state index contributed by atoms with van der Waals surface area (Å²) in [7, 11) is 0. The van der Waals surface area contributed by atoms with Gasteiger partial charge in [0.15, 0.2) is 0 Å². The van der Waals surface area contributed by atoms with Crippen LogP contribution in [0.2, 0.25) is 0 Å². The summed E-state index contributed by atoms with van der Waals surface area (Å²) in [6, 6.07) is 12.5. The van der Waals surface area contributed by atoms with Gasteiger partial charge in [-0.1, -0.05) is 29.8 Å². The van der Waals surface area contributed by atoms with E-state index in [4.69, 9.17) is 4.74 Å². The van der Waals surface area contributed by atoms with Crippen molar-refractivity contribution in [3.05, 3.63) is 59.4 Å². The second-order valence-corrected chi connectivity index (χ2v) is 5.50. The Hall–Kier alpha value is -2.29. The minimum absolute atomic E-state index is 0.644. The molecule has 0 fully saturated rings. The van der Waals surface area contributed by atoms with Crippen molar-refractivity contribution in [2.24, 2.45) is 0 Å². The Morgan fingerprint density at radius 2 is 1.76 bits per heavy atom. The first kappa shape index (κ1) is 13.7. The zero-order valence-corrected chi connectivity index (χ0v) is 12.8. The molecule has 0 N–H and O–H groups in total. The molecule has 0 radical (unpaired) electrons. The van der Waals surface area contributed by atoms with Crippen molar-refractivity contribution in [2.75, 3.05) is 6.61 Å². The predicted octanol–water partition coefficient (Wildman–Crippen LogP) is 4.04. The van der Waals surface area contributed by atoms with Gasteiger partial charge in [0.25, 0.3) is 0 Å². The molecule has 0 unspecified atom stereocenters. The summed E-state index contributed by atoms with van der Waals surface area (Å²) in [5, 5.41) is 0. The van der Waals surface area contributed by atoms with Crippen molar-refractivity contribution < 1.29 is 4.74 Å². The molecule has 0 amide bonds. The highest BCUT2D eigenvalue weighted by atomic mass is 16.5. The number of aryl methyl sites for hydroxylation is 3. The molecular weight excluding hydrogens is 260 g/mol. The van der Waals surface area contributed by atoms with Crippen LogP contribution in [0.3, 0.4) is 0 Å². The average molecular weight is 280 g/mol. The smallest absolute Gasteiger partial charge is 0.125 e. The average Bonchev–Trinajstić information content (AvgIpc) is 2.85. The first-order chi connectivity index (χ1) is 10.1. The van der Waals surface area contributed by atoms with Gasteiger partial charge < -0.3 is 9.30 Å². The Labute approximate surface area is 125 Å². The van der Waals surface area contributed by atoms with Crippen LogP contribution in [0.1, 0.15) is 16.7 Å². The number of imidazole rings is 1. The molecular formula is C18H20N2O. The fourth-order valence-corrected chi connectivity index (χ4v) is 2.83. The van der Waals surface area contributed by atoms with Crippen LogP contribution < -0.4 is 4.74 Å². The third-order valence-corrected chi connectivity index (χ3v) is 3.71. The lowest BCUT2D eigenvalue weighted by Crippen LogP contribution is -2.08. The molecule has 3 aromatic rings. The number of hydrogen-bond donors (Lipinski definition) is 0. The van der Waals surface area contributed by atoms with Crippen LogP contribution in [-0.4, -0.2) is 16.2 Å². The van der Waals surface area contributed by atoms with E-state index in [1.807, 2.05) is 24.5 Å². The number of ether oxygens (including phenoxy) is 1. The van der Waals surface area contributed by atoms with E-state index in [9.17, 15) is 0 Å². The minimum atomic E-state index is 0.644. The lowest BCUT2D eigenvalue weighted by Gasteiger charge is -2.13. The number of nitrogens with zero attached hydrogens (tertiary/aromatic N) is 2. The molecule has 3 heteroatoms. The van der Waals surface area contributed by atoms with E-state index in [0.29, 0.717) is 6.61 Å².